The van der Waals surface area contributed by atoms with Gasteiger partial charge in [-0.1, -0.05) is 35.5 Å². The highest BCUT2D eigenvalue weighted by atomic mass is 32.2. The number of hydrogen-bond donors (Lipinski definition) is 2. The van der Waals surface area contributed by atoms with Crippen LogP contribution in [-0.4, -0.2) is 29.3 Å². The number of nitrogens with one attached hydrogen (secondary N) is 2. The van der Waals surface area contributed by atoms with Gasteiger partial charge in [-0.2, -0.15) is 5.26 Å². The first-order chi connectivity index (χ1) is 15.2. The average molecular weight is 451 g/mol. The number of esters is 1. The Hall–Kier alpha value is -3.31. The van der Waals surface area contributed by atoms with Gasteiger partial charge < -0.3 is 15.4 Å². The molecule has 2 aromatic rings. The minimum atomic E-state index is -0.638. The van der Waals surface area contributed by atoms with Crippen LogP contribution in [0.2, 0.25) is 0 Å². The predicted molar refractivity (Wildman–Crippen MR) is 123 cm³/mol. The molecule has 0 saturated heterocycles. The summed E-state index contributed by atoms with van der Waals surface area (Å²) in [6.45, 7) is 9.60. The van der Waals surface area contributed by atoms with E-state index in [0.717, 1.165) is 27.9 Å². The Bertz CT molecular complexity index is 1150. The molecule has 0 unspecified atom stereocenters. The predicted octanol–water partition coefficient (Wildman–Crippen LogP) is 4.15. The SMILES string of the molecule is CCOC(=O)C1=C(CSc2nc(C)cc(C)c2C#N)NC(=O)N[C@@H]1c1cc(C)ccc1C. The number of benzene rings is 1. The third-order valence-corrected chi connectivity index (χ3v) is 6.17. The molecule has 1 atom stereocenters. The fraction of sp³-hybridized carbons (Fsp3) is 0.333. The van der Waals surface area contributed by atoms with Crippen LogP contribution in [-0.2, 0) is 9.53 Å². The molecule has 2 N–H and O–H groups in total. The summed E-state index contributed by atoms with van der Waals surface area (Å²) in [5.41, 5.74) is 5.76. The second kappa shape index (κ2) is 9.88. The van der Waals surface area contributed by atoms with Gasteiger partial charge in [0.05, 0.1) is 23.8 Å². The summed E-state index contributed by atoms with van der Waals surface area (Å²) < 4.78 is 5.34. The summed E-state index contributed by atoms with van der Waals surface area (Å²) in [5.74, 6) is -0.233. The highest BCUT2D eigenvalue weighted by Gasteiger charge is 2.34. The van der Waals surface area contributed by atoms with Crippen molar-refractivity contribution in [2.75, 3.05) is 12.4 Å². The number of carbonyl (C=O) groups is 2. The number of aromatic nitrogens is 1. The number of urea groups is 1. The van der Waals surface area contributed by atoms with Crippen LogP contribution < -0.4 is 10.6 Å². The Balaban J connectivity index is 2.07. The lowest BCUT2D eigenvalue weighted by atomic mass is 9.91. The van der Waals surface area contributed by atoms with E-state index in [1.54, 1.807) is 6.92 Å². The summed E-state index contributed by atoms with van der Waals surface area (Å²) in [7, 11) is 0. The number of amides is 2. The Morgan fingerprint density at radius 3 is 2.66 bits per heavy atom. The molecular weight excluding hydrogens is 424 g/mol. The number of hydrogen-bond acceptors (Lipinski definition) is 6. The van der Waals surface area contributed by atoms with E-state index >= 15 is 0 Å². The van der Waals surface area contributed by atoms with E-state index in [1.807, 2.05) is 52.0 Å². The van der Waals surface area contributed by atoms with Gasteiger partial charge in [-0.05, 0) is 57.4 Å². The van der Waals surface area contributed by atoms with Crippen LogP contribution in [0.5, 0.6) is 0 Å². The highest BCUT2D eigenvalue weighted by Crippen LogP contribution is 2.33. The van der Waals surface area contributed by atoms with Crippen LogP contribution in [0.1, 0.15) is 46.5 Å². The van der Waals surface area contributed by atoms with E-state index in [0.29, 0.717) is 21.9 Å². The first kappa shape index (κ1) is 23.4. The summed E-state index contributed by atoms with van der Waals surface area (Å²) in [4.78, 5) is 30.0. The van der Waals surface area contributed by atoms with E-state index in [1.165, 1.54) is 11.8 Å². The van der Waals surface area contributed by atoms with Crippen LogP contribution in [0.25, 0.3) is 0 Å². The molecule has 0 bridgehead atoms. The Kier molecular flexibility index (Phi) is 7.21. The first-order valence-corrected chi connectivity index (χ1v) is 11.3. The highest BCUT2D eigenvalue weighted by molar-refractivity contribution is 7.99. The van der Waals surface area contributed by atoms with Crippen molar-refractivity contribution >= 4 is 23.8 Å². The van der Waals surface area contributed by atoms with Gasteiger partial charge in [0, 0.05) is 17.1 Å². The molecular formula is C24H26N4O3S. The van der Waals surface area contributed by atoms with Crippen LogP contribution in [0, 0.1) is 39.0 Å². The van der Waals surface area contributed by atoms with Crippen LogP contribution >= 0.6 is 11.8 Å². The molecule has 0 saturated carbocycles. The Labute approximate surface area is 192 Å². The lowest BCUT2D eigenvalue weighted by molar-refractivity contribution is -0.139. The number of carbonyl (C=O) groups excluding carboxylic acids is 2. The van der Waals surface area contributed by atoms with Crippen molar-refractivity contribution in [3.63, 3.8) is 0 Å². The molecule has 2 heterocycles. The summed E-state index contributed by atoms with van der Waals surface area (Å²) >= 11 is 1.31. The van der Waals surface area contributed by atoms with Crippen molar-refractivity contribution in [1.29, 1.82) is 5.26 Å². The monoisotopic (exact) mass is 450 g/mol. The van der Waals surface area contributed by atoms with Crippen molar-refractivity contribution in [3.05, 3.63) is 69.0 Å². The largest absolute Gasteiger partial charge is 0.463 e. The number of pyridine rings is 1. The maximum absolute atomic E-state index is 13.0. The van der Waals surface area contributed by atoms with E-state index < -0.39 is 18.0 Å². The number of nitrogens with zero attached hydrogens (tertiary/aromatic N) is 2. The molecule has 1 aliphatic heterocycles. The lowest BCUT2D eigenvalue weighted by Crippen LogP contribution is -2.46. The van der Waals surface area contributed by atoms with Gasteiger partial charge in [-0.25, -0.2) is 14.6 Å². The van der Waals surface area contributed by atoms with Gasteiger partial charge in [-0.15, -0.1) is 0 Å². The number of ether oxygens (including phenoxy) is 1. The zero-order valence-corrected chi connectivity index (χ0v) is 19.6. The zero-order valence-electron chi connectivity index (χ0n) is 18.8. The topological polar surface area (TPSA) is 104 Å². The number of thioether (sulfide) groups is 1. The molecule has 1 aromatic carbocycles. The first-order valence-electron chi connectivity index (χ1n) is 10.3. The van der Waals surface area contributed by atoms with Gasteiger partial charge in [-0.3, -0.25) is 0 Å². The minimum absolute atomic E-state index is 0.216. The third kappa shape index (κ3) is 4.94. The minimum Gasteiger partial charge on any atom is -0.463 e. The standard InChI is InChI=1S/C24H26N4O3S/c1-6-31-23(29)20-19(12-32-22-18(11-25)15(4)10-16(5)26-22)27-24(30)28-21(20)17-9-13(2)7-8-14(17)3/h7-10,21H,6,12H2,1-5H3,(H2,27,28,30)/t21-/m1/s1. The number of rotatable bonds is 6. The maximum Gasteiger partial charge on any atom is 0.338 e. The molecule has 2 amide bonds. The van der Waals surface area contributed by atoms with Crippen LogP contribution in [0.15, 0.2) is 40.6 Å². The van der Waals surface area contributed by atoms with E-state index in [-0.39, 0.29) is 12.4 Å². The molecule has 8 heteroatoms. The number of nitriles is 1. The lowest BCUT2D eigenvalue weighted by Gasteiger charge is -2.30. The molecule has 1 aliphatic rings. The van der Waals surface area contributed by atoms with Crippen LogP contribution in [0.4, 0.5) is 4.79 Å². The third-order valence-electron chi connectivity index (χ3n) is 5.17. The average Bonchev–Trinajstić information content (AvgIpc) is 2.73. The Morgan fingerprint density at radius 2 is 1.97 bits per heavy atom. The van der Waals surface area contributed by atoms with Gasteiger partial charge >= 0.3 is 12.0 Å². The molecule has 1 aromatic heterocycles. The van der Waals surface area contributed by atoms with E-state index in [9.17, 15) is 14.9 Å². The van der Waals surface area contributed by atoms with E-state index in [4.69, 9.17) is 4.74 Å². The quantitative estimate of drug-likeness (QED) is 0.506. The molecule has 0 radical (unpaired) electrons. The van der Waals surface area contributed by atoms with Crippen molar-refractivity contribution in [2.24, 2.45) is 0 Å². The van der Waals surface area contributed by atoms with Gasteiger partial charge in [0.2, 0.25) is 0 Å². The smallest absolute Gasteiger partial charge is 0.338 e. The van der Waals surface area contributed by atoms with Crippen molar-refractivity contribution < 1.29 is 14.3 Å². The molecule has 0 fully saturated rings. The fourth-order valence-electron chi connectivity index (χ4n) is 3.67. The summed E-state index contributed by atoms with van der Waals surface area (Å²) in [6.07, 6.45) is 0. The summed E-state index contributed by atoms with van der Waals surface area (Å²) in [6, 6.07) is 8.94. The van der Waals surface area contributed by atoms with Crippen molar-refractivity contribution in [2.45, 2.75) is 45.7 Å². The fourth-order valence-corrected chi connectivity index (χ4v) is 4.74. The number of aryl methyl sites for hydroxylation is 4. The maximum atomic E-state index is 13.0. The normalized spacial score (nSPS) is 15.6. The molecule has 0 spiro atoms. The van der Waals surface area contributed by atoms with Gasteiger partial charge in [0.25, 0.3) is 0 Å². The van der Waals surface area contributed by atoms with Crippen LogP contribution in [0.3, 0.4) is 0 Å². The zero-order chi connectivity index (χ0) is 23.4. The molecule has 0 aliphatic carbocycles. The summed E-state index contributed by atoms with van der Waals surface area (Å²) in [5, 5.41) is 15.8. The molecule has 32 heavy (non-hydrogen) atoms. The Morgan fingerprint density at radius 1 is 1.22 bits per heavy atom. The van der Waals surface area contributed by atoms with Gasteiger partial charge in [0.1, 0.15) is 11.1 Å². The second-order valence-corrected chi connectivity index (χ2v) is 8.63. The second-order valence-electron chi connectivity index (χ2n) is 7.67. The van der Waals surface area contributed by atoms with Gasteiger partial charge in [0.15, 0.2) is 0 Å². The molecule has 166 valence electrons. The van der Waals surface area contributed by atoms with Crippen molar-refractivity contribution in [3.8, 4) is 6.07 Å². The molecule has 3 rings (SSSR count). The van der Waals surface area contributed by atoms with E-state index in [2.05, 4.69) is 21.7 Å². The molecule has 7 nitrogen and oxygen atoms in total. The van der Waals surface area contributed by atoms with Crippen molar-refractivity contribution in [1.82, 2.24) is 15.6 Å².